The number of hydrogen-bond acceptors (Lipinski definition) is 0. The zero-order valence-corrected chi connectivity index (χ0v) is 26.8. The van der Waals surface area contributed by atoms with E-state index >= 15 is 0 Å². The van der Waals surface area contributed by atoms with Gasteiger partial charge in [0, 0.05) is 0 Å². The Hall–Kier alpha value is 2.30. The summed E-state index contributed by atoms with van der Waals surface area (Å²) in [5.74, 6) is 1.91. The van der Waals surface area contributed by atoms with Crippen molar-refractivity contribution in [2.45, 2.75) is 147 Å². The second kappa shape index (κ2) is 34.9. The molecular weight excluding hydrogens is 385 g/mol. The van der Waals surface area contributed by atoms with Gasteiger partial charge in [-0.05, 0) is 0 Å². The van der Waals surface area contributed by atoms with Crippen LogP contribution in [0.3, 0.4) is 0 Å². The van der Waals surface area contributed by atoms with E-state index in [4.69, 9.17) is 0 Å². The summed E-state index contributed by atoms with van der Waals surface area (Å²) in [6.45, 7) is 18.5. The third-order valence-corrected chi connectivity index (χ3v) is 12.6. The maximum atomic E-state index is 2.33. The van der Waals surface area contributed by atoms with Gasteiger partial charge in [-0.3, -0.25) is 0 Å². The van der Waals surface area contributed by atoms with E-state index in [0.29, 0.717) is 61.1 Å². The molecule has 0 saturated carbocycles. The van der Waals surface area contributed by atoms with Gasteiger partial charge >= 0.3 is 61.1 Å². The van der Waals surface area contributed by atoms with Crippen LogP contribution in [-0.2, 0) is 0 Å². The van der Waals surface area contributed by atoms with Crippen LogP contribution in [0.5, 0.6) is 0 Å². The lowest BCUT2D eigenvalue weighted by molar-refractivity contribution is 0.700. The van der Waals surface area contributed by atoms with Crippen LogP contribution in [0.15, 0.2) is 0 Å². The van der Waals surface area contributed by atoms with Gasteiger partial charge in [-0.25, -0.2) is 0 Å². The predicted octanol–water partition coefficient (Wildman–Crippen LogP) is 9.87. The highest BCUT2D eigenvalue weighted by Gasteiger charge is 2.00. The lowest BCUT2D eigenvalue weighted by Crippen LogP contribution is -1.99. The molecule has 0 atom stereocenters. The first-order valence-electron chi connectivity index (χ1n) is 14.0. The summed E-state index contributed by atoms with van der Waals surface area (Å²) in [6, 6.07) is 0. The minimum absolute atomic E-state index is 0.316. The fraction of sp³-hybridized carbons (Fsp3) is 1.00. The maximum Gasteiger partial charge on any atom is 0.364 e. The summed E-state index contributed by atoms with van der Waals surface area (Å²) in [7, 11) is 0. The lowest BCUT2D eigenvalue weighted by atomic mass is 10.3. The van der Waals surface area contributed by atoms with Crippen molar-refractivity contribution in [2.75, 3.05) is 0 Å². The molecule has 0 N–H and O–H groups in total. The molecule has 0 spiro atoms. The van der Waals surface area contributed by atoms with E-state index in [1.54, 1.807) is 18.2 Å². The molecule has 0 heterocycles. The second-order valence-corrected chi connectivity index (χ2v) is 16.1. The first kappa shape index (κ1) is 35.9. The van der Waals surface area contributed by atoms with Crippen LogP contribution in [0.2, 0.25) is 27.3 Å². The number of hydrogen-bond donors (Lipinski definition) is 0. The van der Waals surface area contributed by atoms with Gasteiger partial charge in [0.1, 0.15) is 0 Å². The van der Waals surface area contributed by atoms with E-state index in [9.17, 15) is 0 Å². The monoisotopic (exact) mass is 442 g/mol. The van der Waals surface area contributed by atoms with E-state index in [2.05, 4.69) is 55.4 Å². The van der Waals surface area contributed by atoms with Crippen molar-refractivity contribution < 1.29 is 0 Å². The second-order valence-electron chi connectivity index (χ2n) is 9.96. The van der Waals surface area contributed by atoms with Gasteiger partial charge in [0.2, 0.25) is 0 Å². The molecule has 0 nitrogen and oxygen atoms in total. The Bertz CT molecular complexity index is 220. The molecule has 0 amide bonds. The van der Waals surface area contributed by atoms with Crippen molar-refractivity contribution in [1.82, 2.24) is 0 Å². The summed E-state index contributed by atoms with van der Waals surface area (Å²) < 4.78 is 9.48. The van der Waals surface area contributed by atoms with E-state index in [0.717, 1.165) is 11.8 Å². The van der Waals surface area contributed by atoms with Gasteiger partial charge in [-0.2, -0.15) is 0 Å². The quantitative estimate of drug-likeness (QED) is 0.146. The summed E-state index contributed by atoms with van der Waals surface area (Å²) in [4.78, 5) is 0. The Morgan fingerprint density at radius 2 is 0.724 bits per heavy atom. The van der Waals surface area contributed by atoms with Crippen LogP contribution in [-0.4, -0.2) is 61.1 Å². The molecule has 0 aliphatic heterocycles. The van der Waals surface area contributed by atoms with Gasteiger partial charge in [0.15, 0.2) is 0 Å². The highest BCUT2D eigenvalue weighted by atomic mass is 24.5. The molecule has 0 aromatic carbocycles. The van der Waals surface area contributed by atoms with Gasteiger partial charge in [0.25, 0.3) is 0 Å². The van der Waals surface area contributed by atoms with Gasteiger partial charge in [-0.15, -0.1) is 27.3 Å². The molecular formula is C26H58Mg3. The van der Waals surface area contributed by atoms with Gasteiger partial charge in [-0.1, -0.05) is 131 Å². The highest BCUT2D eigenvalue weighted by molar-refractivity contribution is 6.35. The van der Waals surface area contributed by atoms with E-state index in [-0.39, 0.29) is 0 Å². The minimum Gasteiger partial charge on any atom is -0.146 e. The topological polar surface area (TPSA) is 0 Å². The van der Waals surface area contributed by atoms with Gasteiger partial charge < -0.3 is 0 Å². The summed E-state index contributed by atoms with van der Waals surface area (Å²) >= 11 is 1.08. The van der Waals surface area contributed by atoms with E-state index in [1.165, 1.54) is 73.3 Å². The third-order valence-electron chi connectivity index (χ3n) is 5.48. The lowest BCUT2D eigenvalue weighted by Gasteiger charge is -2.03. The molecule has 0 aromatic heterocycles. The summed E-state index contributed by atoms with van der Waals surface area (Å²) in [5, 5.41) is 0. The Morgan fingerprint density at radius 3 is 1.00 bits per heavy atom. The van der Waals surface area contributed by atoms with Crippen LogP contribution >= 0.6 is 0 Å². The standard InChI is InChI=1S/2C5H11.4C4H9.3Mg/c2*1-3-5-4-2;2*1-4(2)3;2*1-3-4-2;;;/h2*1,3-5H2,2H3;2*4H,1H2,2-3H3;2*1,3-4H2,2H3;;;. The molecule has 0 aliphatic rings. The molecule has 3 heteroatoms. The minimum atomic E-state index is 0.316. The van der Waals surface area contributed by atoms with Crippen molar-refractivity contribution in [3.05, 3.63) is 0 Å². The van der Waals surface area contributed by atoms with Crippen LogP contribution in [0, 0.1) is 11.8 Å². The Labute approximate surface area is 217 Å². The predicted molar refractivity (Wildman–Crippen MR) is 145 cm³/mol. The average molecular weight is 444 g/mol. The average Bonchev–Trinajstić information content (AvgIpc) is 2.68. The number of rotatable bonds is 18. The molecule has 29 heavy (non-hydrogen) atoms. The van der Waals surface area contributed by atoms with Crippen LogP contribution in [0.1, 0.15) is 120 Å². The smallest absolute Gasteiger partial charge is 0.146 e. The Morgan fingerprint density at radius 1 is 0.414 bits per heavy atom. The van der Waals surface area contributed by atoms with Gasteiger partial charge in [0.05, 0.1) is 0 Å². The molecule has 0 saturated heterocycles. The fourth-order valence-electron chi connectivity index (χ4n) is 3.35. The summed E-state index contributed by atoms with van der Waals surface area (Å²) in [5.41, 5.74) is 0. The number of unbranched alkanes of at least 4 members (excludes halogenated alkanes) is 6. The Kier molecular flexibility index (Phi) is 43.2. The van der Waals surface area contributed by atoms with Crippen LogP contribution in [0.25, 0.3) is 0 Å². The molecule has 168 valence electrons. The van der Waals surface area contributed by atoms with Crippen LogP contribution < -0.4 is 0 Å². The molecule has 0 fully saturated rings. The van der Waals surface area contributed by atoms with Crippen molar-refractivity contribution in [1.29, 1.82) is 0 Å². The first-order chi connectivity index (χ1) is 14.0. The van der Waals surface area contributed by atoms with Crippen molar-refractivity contribution in [3.63, 3.8) is 0 Å². The highest BCUT2D eigenvalue weighted by Crippen LogP contribution is 2.06. The molecule has 0 rings (SSSR count). The van der Waals surface area contributed by atoms with E-state index in [1.807, 2.05) is 0 Å². The zero-order chi connectivity index (χ0) is 22.6. The SMILES string of the molecule is CC(C)[CH2][Mg][CH2]C(C)C.CCCC[CH2][Mg][CH2]CCCC.CCC[CH2][Mg][CH2]CCC. The third kappa shape index (κ3) is 48.8. The van der Waals surface area contributed by atoms with Crippen LogP contribution in [0.4, 0.5) is 0 Å². The molecule has 0 aromatic rings. The molecule has 0 aliphatic carbocycles. The van der Waals surface area contributed by atoms with Crippen molar-refractivity contribution >= 4 is 61.1 Å². The summed E-state index contributed by atoms with van der Waals surface area (Å²) in [6.07, 6.45) is 14.6. The normalized spacial score (nSPS) is 9.72. The first-order valence-corrected chi connectivity index (χ1v) is 20.0. The molecule has 0 radical (unpaired) electrons. The largest absolute Gasteiger partial charge is 0.364 e. The molecule has 0 unspecified atom stereocenters. The van der Waals surface area contributed by atoms with E-state index < -0.39 is 0 Å². The van der Waals surface area contributed by atoms with Crippen molar-refractivity contribution in [3.8, 4) is 0 Å². The van der Waals surface area contributed by atoms with Crippen molar-refractivity contribution in [2.24, 2.45) is 11.8 Å². The Balaban J connectivity index is -0.000000352. The fourth-order valence-corrected chi connectivity index (χ4v) is 9.05. The maximum absolute atomic E-state index is 2.33. The zero-order valence-electron chi connectivity index (χ0n) is 22.6. The molecule has 0 bridgehead atoms.